The van der Waals surface area contributed by atoms with Gasteiger partial charge in [0.15, 0.2) is 0 Å². The van der Waals surface area contributed by atoms with Gasteiger partial charge in [-0.05, 0) is 133 Å². The zero-order valence-electron chi connectivity index (χ0n) is 36.4. The fraction of sp³-hybridized carbons (Fsp3) is 0.0164. The molecule has 0 radical (unpaired) electrons. The van der Waals surface area contributed by atoms with E-state index in [4.69, 9.17) is 5.73 Å². The SMILES string of the molecule is Brc1ccc2c(c1)sc1ccc(N(c3ccccc3)c3ccccc3)cc12.C.Nc1ccccc1.c1ccc(Nc2ccc3c(c2)sc2ccc(N(c4ccccc4)c4ccccc4)cc23)cc1. The smallest absolute Gasteiger partial charge is 0.0468 e. The minimum Gasteiger partial charge on any atom is -0.399 e. The van der Waals surface area contributed by atoms with Crippen molar-refractivity contribution in [2.75, 3.05) is 20.9 Å². The Bertz CT molecular complexity index is 3430. The van der Waals surface area contributed by atoms with Gasteiger partial charge >= 0.3 is 0 Å². The molecule has 0 fully saturated rings. The van der Waals surface area contributed by atoms with Crippen LogP contribution in [0.2, 0.25) is 0 Å². The van der Waals surface area contributed by atoms with E-state index in [0.29, 0.717) is 0 Å². The molecule has 2 aromatic heterocycles. The highest BCUT2D eigenvalue weighted by molar-refractivity contribution is 9.10. The maximum absolute atomic E-state index is 5.36. The third kappa shape index (κ3) is 10.3. The van der Waals surface area contributed by atoms with Crippen LogP contribution in [0.4, 0.5) is 51.2 Å². The average Bonchev–Trinajstić information content (AvgIpc) is 3.93. The Balaban J connectivity index is 0.000000149. The molecule has 332 valence electrons. The summed E-state index contributed by atoms with van der Waals surface area (Å²) in [6, 6.07) is 88.7. The van der Waals surface area contributed by atoms with Crippen molar-refractivity contribution >= 4 is 130 Å². The molecule has 12 aromatic rings. The highest BCUT2D eigenvalue weighted by Gasteiger charge is 2.16. The molecule has 0 amide bonds. The number of nitrogens with two attached hydrogens (primary N) is 1. The van der Waals surface area contributed by atoms with Gasteiger partial charge in [-0.2, -0.15) is 0 Å². The topological polar surface area (TPSA) is 44.5 Å². The minimum atomic E-state index is 0. The van der Waals surface area contributed by atoms with Crippen molar-refractivity contribution in [3.63, 3.8) is 0 Å². The maximum atomic E-state index is 5.36. The number of hydrogen-bond acceptors (Lipinski definition) is 6. The Hall–Kier alpha value is -7.68. The van der Waals surface area contributed by atoms with Crippen LogP contribution in [0.3, 0.4) is 0 Å². The van der Waals surface area contributed by atoms with Gasteiger partial charge < -0.3 is 20.9 Å². The van der Waals surface area contributed by atoms with E-state index >= 15 is 0 Å². The first kappa shape index (κ1) is 45.5. The molecule has 0 spiro atoms. The normalized spacial score (nSPS) is 10.7. The quantitative estimate of drug-likeness (QED) is 0.149. The number of nitrogens with zero attached hydrogens (tertiary/aromatic N) is 2. The molecule has 0 unspecified atom stereocenters. The molecule has 10 aromatic carbocycles. The number of thiophene rings is 2. The van der Waals surface area contributed by atoms with Crippen LogP contribution in [-0.2, 0) is 0 Å². The van der Waals surface area contributed by atoms with Crippen molar-refractivity contribution in [2.24, 2.45) is 0 Å². The van der Waals surface area contributed by atoms with Crippen molar-refractivity contribution in [2.45, 2.75) is 7.43 Å². The Morgan fingerprint density at radius 3 is 1.12 bits per heavy atom. The predicted octanol–water partition coefficient (Wildman–Crippen LogP) is 19.5. The molecule has 0 aliphatic rings. The zero-order chi connectivity index (χ0) is 45.4. The summed E-state index contributed by atoms with van der Waals surface area (Å²) in [6.45, 7) is 0. The number of halogens is 1. The van der Waals surface area contributed by atoms with Gasteiger partial charge in [-0.1, -0.05) is 145 Å². The fourth-order valence-corrected chi connectivity index (χ4v) is 11.0. The van der Waals surface area contributed by atoms with Crippen LogP contribution in [0.1, 0.15) is 7.43 Å². The lowest BCUT2D eigenvalue weighted by Crippen LogP contribution is -2.09. The number of para-hydroxylation sites is 6. The number of fused-ring (bicyclic) bond motifs is 6. The van der Waals surface area contributed by atoms with Crippen molar-refractivity contribution in [3.8, 4) is 0 Å². The van der Waals surface area contributed by atoms with Crippen molar-refractivity contribution in [1.82, 2.24) is 0 Å². The summed E-state index contributed by atoms with van der Waals surface area (Å²) in [6.07, 6.45) is 0. The first-order valence-electron chi connectivity index (χ1n) is 22.1. The van der Waals surface area contributed by atoms with Crippen LogP contribution in [0.25, 0.3) is 40.3 Å². The molecule has 2 heterocycles. The number of nitrogens with one attached hydrogen (secondary N) is 1. The predicted molar refractivity (Wildman–Crippen MR) is 303 cm³/mol. The second-order valence-electron chi connectivity index (χ2n) is 15.8. The molecule has 7 heteroatoms. The maximum Gasteiger partial charge on any atom is 0.0468 e. The Morgan fingerprint density at radius 2 is 0.706 bits per heavy atom. The fourth-order valence-electron chi connectivity index (χ4n) is 8.20. The average molecular weight is 982 g/mol. The van der Waals surface area contributed by atoms with Gasteiger partial charge in [0, 0.05) is 96.0 Å². The standard InChI is InChI=1S/C30H22N2S.C24H16BrNS.C6H7N.CH4/c1-4-10-22(11-5-1)31-23-16-18-27-28-21-26(17-19-29(28)33-30(27)20-23)32(24-12-6-2-7-13-24)25-14-8-3-9-15-25;25-17-11-13-21-22-16-20(12-14-23(22)27-24(21)15-17)26(18-7-3-1-4-8-18)19-9-5-2-6-10-19;7-6-4-2-1-3-5-6;/h1-21,31H;1-16H;1-5H,7H2;1H4. The summed E-state index contributed by atoms with van der Waals surface area (Å²) in [5.41, 5.74) is 15.3. The van der Waals surface area contributed by atoms with Crippen LogP contribution < -0.4 is 20.9 Å². The third-order valence-electron chi connectivity index (χ3n) is 11.3. The van der Waals surface area contributed by atoms with Crippen LogP contribution in [0.15, 0.2) is 259 Å². The summed E-state index contributed by atoms with van der Waals surface area (Å²) >= 11 is 7.27. The molecule has 68 heavy (non-hydrogen) atoms. The molecule has 12 rings (SSSR count). The number of rotatable bonds is 8. The molecule has 0 aliphatic heterocycles. The first-order chi connectivity index (χ1) is 33.0. The summed E-state index contributed by atoms with van der Waals surface area (Å²) in [5.74, 6) is 0. The van der Waals surface area contributed by atoms with Crippen molar-refractivity contribution in [1.29, 1.82) is 0 Å². The van der Waals surface area contributed by atoms with E-state index in [0.717, 1.165) is 50.0 Å². The third-order valence-corrected chi connectivity index (χ3v) is 14.1. The molecule has 0 saturated carbocycles. The molecule has 3 N–H and O–H groups in total. The second-order valence-corrected chi connectivity index (χ2v) is 18.9. The van der Waals surface area contributed by atoms with Gasteiger partial charge in [0.1, 0.15) is 0 Å². The monoisotopic (exact) mass is 980 g/mol. The van der Waals surface area contributed by atoms with E-state index in [9.17, 15) is 0 Å². The van der Waals surface area contributed by atoms with Gasteiger partial charge in [0.05, 0.1) is 0 Å². The molecular formula is C61H49BrN4S2. The second kappa shape index (κ2) is 21.3. The Morgan fingerprint density at radius 1 is 0.324 bits per heavy atom. The summed E-state index contributed by atoms with van der Waals surface area (Å²) in [4.78, 5) is 4.62. The van der Waals surface area contributed by atoms with Crippen molar-refractivity contribution in [3.05, 3.63) is 259 Å². The van der Waals surface area contributed by atoms with Crippen LogP contribution in [-0.4, -0.2) is 0 Å². The number of hydrogen-bond donors (Lipinski definition) is 2. The van der Waals surface area contributed by atoms with E-state index in [1.807, 2.05) is 71.2 Å². The summed E-state index contributed by atoms with van der Waals surface area (Å²) < 4.78 is 6.33. The molecule has 0 saturated heterocycles. The minimum absolute atomic E-state index is 0. The highest BCUT2D eigenvalue weighted by Crippen LogP contribution is 2.43. The highest BCUT2D eigenvalue weighted by atomic mass is 79.9. The molecule has 0 bridgehead atoms. The van der Waals surface area contributed by atoms with Gasteiger partial charge in [0.25, 0.3) is 0 Å². The van der Waals surface area contributed by atoms with Gasteiger partial charge in [-0.15, -0.1) is 22.7 Å². The van der Waals surface area contributed by atoms with E-state index in [-0.39, 0.29) is 7.43 Å². The lowest BCUT2D eigenvalue weighted by atomic mass is 10.1. The summed E-state index contributed by atoms with van der Waals surface area (Å²) in [7, 11) is 0. The van der Waals surface area contributed by atoms with E-state index in [1.54, 1.807) is 0 Å². The first-order valence-corrected chi connectivity index (χ1v) is 24.5. The molecule has 4 nitrogen and oxygen atoms in total. The van der Waals surface area contributed by atoms with Crippen LogP contribution in [0, 0.1) is 0 Å². The van der Waals surface area contributed by atoms with Gasteiger partial charge in [-0.25, -0.2) is 0 Å². The van der Waals surface area contributed by atoms with Crippen molar-refractivity contribution < 1.29 is 0 Å². The Labute approximate surface area is 414 Å². The molecule has 0 aliphatic carbocycles. The van der Waals surface area contributed by atoms with Gasteiger partial charge in [0.2, 0.25) is 0 Å². The Kier molecular flexibility index (Phi) is 14.2. The lowest BCUT2D eigenvalue weighted by molar-refractivity contribution is 1.29. The molecular weight excluding hydrogens is 933 g/mol. The van der Waals surface area contributed by atoms with Crippen LogP contribution in [0.5, 0.6) is 0 Å². The zero-order valence-corrected chi connectivity index (χ0v) is 39.6. The van der Waals surface area contributed by atoms with E-state index in [2.05, 4.69) is 237 Å². The van der Waals surface area contributed by atoms with E-state index in [1.165, 1.54) is 46.0 Å². The number of nitrogen functional groups attached to an aromatic ring is 1. The molecule has 0 atom stereocenters. The number of benzene rings is 10. The lowest BCUT2D eigenvalue weighted by Gasteiger charge is -2.25. The largest absolute Gasteiger partial charge is 0.399 e. The summed E-state index contributed by atoms with van der Waals surface area (Å²) in [5, 5.41) is 8.70. The number of anilines is 9. The van der Waals surface area contributed by atoms with Gasteiger partial charge in [-0.3, -0.25) is 0 Å². The van der Waals surface area contributed by atoms with Crippen LogP contribution >= 0.6 is 38.6 Å². The van der Waals surface area contributed by atoms with E-state index < -0.39 is 0 Å².